The lowest BCUT2D eigenvalue weighted by atomic mass is 9.54. The molecule has 0 aromatic heterocycles. The Bertz CT molecular complexity index is 635. The van der Waals surface area contributed by atoms with E-state index >= 15 is 0 Å². The second kappa shape index (κ2) is 6.83. The van der Waals surface area contributed by atoms with Gasteiger partial charge >= 0.3 is 0 Å². The van der Waals surface area contributed by atoms with Crippen molar-refractivity contribution < 1.29 is 9.53 Å². The Balaban J connectivity index is 0.00000208. The molecule has 2 aliphatic rings. The average Bonchev–Trinajstić information content (AvgIpc) is 2.91. The van der Waals surface area contributed by atoms with Gasteiger partial charge in [-0.25, -0.2) is 0 Å². The monoisotopic (exact) mass is 372 g/mol. The largest absolute Gasteiger partial charge is 0.378 e. The fraction of sp³-hybridized carbons (Fsp3) is 0.611. The van der Waals surface area contributed by atoms with Crippen LogP contribution in [0.2, 0.25) is 5.02 Å². The molecular formula is C18H26Cl2N2O2. The van der Waals surface area contributed by atoms with Gasteiger partial charge in [0.25, 0.3) is 0 Å². The third-order valence-corrected chi connectivity index (χ3v) is 6.11. The van der Waals surface area contributed by atoms with E-state index in [0.717, 1.165) is 29.0 Å². The molecule has 3 N–H and O–H groups in total. The third kappa shape index (κ3) is 2.84. The average molecular weight is 373 g/mol. The van der Waals surface area contributed by atoms with Crippen molar-refractivity contribution in [3.63, 3.8) is 0 Å². The standard InChI is InChI=1S/C18H25ClN2O2.ClH/c1-4-23-15-10-18(20,17(15,2)3)16(22)21-14-9-8-11-12(14)6-5-7-13(11)19;/h5-7,14-15H,4,8-10,20H2,1-3H3,(H,21,22);1H. The molecule has 3 rings (SSSR count). The van der Waals surface area contributed by atoms with Crippen LogP contribution >= 0.6 is 24.0 Å². The van der Waals surface area contributed by atoms with Crippen LogP contribution in [0.25, 0.3) is 0 Å². The van der Waals surface area contributed by atoms with Gasteiger partial charge in [-0.3, -0.25) is 4.79 Å². The Morgan fingerprint density at radius 2 is 2.17 bits per heavy atom. The van der Waals surface area contributed by atoms with Crippen molar-refractivity contribution in [1.29, 1.82) is 0 Å². The summed E-state index contributed by atoms with van der Waals surface area (Å²) < 4.78 is 5.70. The van der Waals surface area contributed by atoms with Crippen molar-refractivity contribution in [2.45, 2.75) is 57.7 Å². The van der Waals surface area contributed by atoms with Gasteiger partial charge in [0.15, 0.2) is 0 Å². The minimum Gasteiger partial charge on any atom is -0.378 e. The predicted molar refractivity (Wildman–Crippen MR) is 98.6 cm³/mol. The van der Waals surface area contributed by atoms with Crippen LogP contribution in [0.15, 0.2) is 18.2 Å². The Hall–Kier alpha value is -0.810. The van der Waals surface area contributed by atoms with E-state index in [4.69, 9.17) is 22.1 Å². The normalized spacial score (nSPS) is 30.0. The van der Waals surface area contributed by atoms with Crippen molar-refractivity contribution in [3.05, 3.63) is 34.3 Å². The summed E-state index contributed by atoms with van der Waals surface area (Å²) in [6.45, 7) is 6.62. The summed E-state index contributed by atoms with van der Waals surface area (Å²) in [6, 6.07) is 5.87. The molecule has 0 spiro atoms. The van der Waals surface area contributed by atoms with Gasteiger partial charge in [-0.15, -0.1) is 12.4 Å². The number of fused-ring (bicyclic) bond motifs is 1. The highest BCUT2D eigenvalue weighted by atomic mass is 35.5. The number of nitrogens with two attached hydrogens (primary N) is 1. The van der Waals surface area contributed by atoms with Crippen molar-refractivity contribution in [2.24, 2.45) is 11.1 Å². The quantitative estimate of drug-likeness (QED) is 0.850. The maximum absolute atomic E-state index is 12.8. The van der Waals surface area contributed by atoms with Crippen molar-refractivity contribution in [1.82, 2.24) is 5.32 Å². The van der Waals surface area contributed by atoms with Crippen LogP contribution in [0, 0.1) is 5.41 Å². The molecule has 134 valence electrons. The summed E-state index contributed by atoms with van der Waals surface area (Å²) in [6.07, 6.45) is 2.36. The lowest BCUT2D eigenvalue weighted by molar-refractivity contribution is -0.171. The number of amides is 1. The molecule has 1 aromatic rings. The van der Waals surface area contributed by atoms with Gasteiger partial charge in [0, 0.05) is 23.5 Å². The molecule has 1 fully saturated rings. The zero-order valence-electron chi connectivity index (χ0n) is 14.4. The minimum atomic E-state index is -0.881. The van der Waals surface area contributed by atoms with Crippen LogP contribution in [0.5, 0.6) is 0 Å². The molecule has 3 atom stereocenters. The molecule has 0 bridgehead atoms. The lowest BCUT2D eigenvalue weighted by Crippen LogP contribution is -2.75. The molecular weight excluding hydrogens is 347 g/mol. The highest BCUT2D eigenvalue weighted by Gasteiger charge is 2.63. The summed E-state index contributed by atoms with van der Waals surface area (Å²) in [4.78, 5) is 12.8. The summed E-state index contributed by atoms with van der Waals surface area (Å²) in [5.74, 6) is -0.0868. The van der Waals surface area contributed by atoms with E-state index in [9.17, 15) is 4.79 Å². The molecule has 4 nitrogen and oxygen atoms in total. The zero-order valence-corrected chi connectivity index (χ0v) is 16.0. The molecule has 1 aromatic carbocycles. The van der Waals surface area contributed by atoms with E-state index in [1.807, 2.05) is 39.0 Å². The first-order valence-electron chi connectivity index (χ1n) is 8.30. The Labute approximate surface area is 154 Å². The van der Waals surface area contributed by atoms with Gasteiger partial charge in [-0.2, -0.15) is 0 Å². The SMILES string of the molecule is CCOC1CC(N)(C(=O)NC2CCc3c(Cl)cccc32)C1(C)C.Cl. The second-order valence-electron chi connectivity index (χ2n) is 7.21. The van der Waals surface area contributed by atoms with Gasteiger partial charge in [0.1, 0.15) is 5.54 Å². The first-order chi connectivity index (χ1) is 10.8. The van der Waals surface area contributed by atoms with Gasteiger partial charge in [0.2, 0.25) is 5.91 Å². The fourth-order valence-corrected chi connectivity index (χ4v) is 4.14. The van der Waals surface area contributed by atoms with Gasteiger partial charge in [0.05, 0.1) is 12.1 Å². The minimum absolute atomic E-state index is 0. The van der Waals surface area contributed by atoms with Gasteiger partial charge < -0.3 is 15.8 Å². The highest BCUT2D eigenvalue weighted by molar-refractivity contribution is 6.31. The highest BCUT2D eigenvalue weighted by Crippen LogP contribution is 2.50. The maximum Gasteiger partial charge on any atom is 0.241 e. The number of hydrogen-bond donors (Lipinski definition) is 2. The molecule has 6 heteroatoms. The van der Waals surface area contributed by atoms with E-state index in [-0.39, 0.29) is 35.9 Å². The van der Waals surface area contributed by atoms with Crippen molar-refractivity contribution >= 4 is 29.9 Å². The smallest absolute Gasteiger partial charge is 0.241 e. The Morgan fingerprint density at radius 3 is 2.79 bits per heavy atom. The molecule has 3 unspecified atom stereocenters. The number of nitrogens with one attached hydrogen (secondary N) is 1. The molecule has 0 saturated heterocycles. The predicted octanol–water partition coefficient (Wildman–Crippen LogP) is 3.40. The van der Waals surface area contributed by atoms with Gasteiger partial charge in [-0.1, -0.05) is 37.6 Å². The number of carbonyl (C=O) groups excluding carboxylic acids is 1. The van der Waals surface area contributed by atoms with Crippen LogP contribution in [-0.4, -0.2) is 24.2 Å². The number of rotatable bonds is 4. The molecule has 1 amide bonds. The van der Waals surface area contributed by atoms with Gasteiger partial charge in [-0.05, 0) is 37.0 Å². The first kappa shape index (κ1) is 19.5. The summed E-state index contributed by atoms with van der Waals surface area (Å²) in [5, 5.41) is 3.92. The summed E-state index contributed by atoms with van der Waals surface area (Å²) in [7, 11) is 0. The third-order valence-electron chi connectivity index (χ3n) is 5.75. The second-order valence-corrected chi connectivity index (χ2v) is 7.62. The molecule has 0 aliphatic heterocycles. The van der Waals surface area contributed by atoms with Crippen molar-refractivity contribution in [2.75, 3.05) is 6.61 Å². The molecule has 0 heterocycles. The zero-order chi connectivity index (χ0) is 16.8. The lowest BCUT2D eigenvalue weighted by Gasteiger charge is -2.57. The fourth-order valence-electron chi connectivity index (χ4n) is 3.87. The Morgan fingerprint density at radius 1 is 1.46 bits per heavy atom. The van der Waals surface area contributed by atoms with Crippen LogP contribution in [0.1, 0.15) is 50.8 Å². The number of hydrogen-bond acceptors (Lipinski definition) is 3. The van der Waals surface area contributed by atoms with Crippen LogP contribution in [0.4, 0.5) is 0 Å². The van der Waals surface area contributed by atoms with E-state index in [2.05, 4.69) is 5.32 Å². The van der Waals surface area contributed by atoms with E-state index in [1.165, 1.54) is 0 Å². The van der Waals surface area contributed by atoms with E-state index in [1.54, 1.807) is 0 Å². The van der Waals surface area contributed by atoms with Crippen LogP contribution in [0.3, 0.4) is 0 Å². The maximum atomic E-state index is 12.8. The van der Waals surface area contributed by atoms with E-state index in [0.29, 0.717) is 13.0 Å². The number of carbonyl (C=O) groups is 1. The van der Waals surface area contributed by atoms with Crippen LogP contribution < -0.4 is 11.1 Å². The molecule has 24 heavy (non-hydrogen) atoms. The summed E-state index contributed by atoms with van der Waals surface area (Å²) >= 11 is 6.25. The topological polar surface area (TPSA) is 64.3 Å². The molecule has 0 radical (unpaired) electrons. The number of halogens is 2. The molecule has 1 saturated carbocycles. The number of benzene rings is 1. The Kier molecular flexibility index (Phi) is 5.55. The molecule has 2 aliphatic carbocycles. The number of ether oxygens (including phenoxy) is 1. The summed E-state index contributed by atoms with van der Waals surface area (Å²) in [5.41, 5.74) is 7.46. The first-order valence-corrected chi connectivity index (χ1v) is 8.67. The van der Waals surface area contributed by atoms with Crippen molar-refractivity contribution in [3.8, 4) is 0 Å². The van der Waals surface area contributed by atoms with Crippen LogP contribution in [-0.2, 0) is 16.0 Å². The van der Waals surface area contributed by atoms with E-state index < -0.39 is 5.54 Å².